The number of aromatic nitrogens is 1. The topological polar surface area (TPSA) is 76.3 Å². The van der Waals surface area contributed by atoms with Crippen molar-refractivity contribution in [1.82, 2.24) is 14.9 Å². The van der Waals surface area contributed by atoms with Crippen molar-refractivity contribution in [3.05, 3.63) is 35.4 Å². The van der Waals surface area contributed by atoms with Crippen LogP contribution in [0.2, 0.25) is 0 Å². The molecule has 2 amide bonds. The van der Waals surface area contributed by atoms with Crippen LogP contribution in [0.15, 0.2) is 18.5 Å². The third-order valence-electron chi connectivity index (χ3n) is 4.89. The van der Waals surface area contributed by atoms with Crippen LogP contribution in [-0.4, -0.2) is 58.4 Å². The molecule has 0 radical (unpaired) electrons. The maximum Gasteiger partial charge on any atom is 0.410 e. The molecule has 2 aliphatic heterocycles. The van der Waals surface area contributed by atoms with E-state index < -0.39 is 35.7 Å². The summed E-state index contributed by atoms with van der Waals surface area (Å²) in [5.41, 5.74) is 0.391. The second kappa shape index (κ2) is 8.33. The standard InChI is InChI=1S/C20H25FN4O4/c1-20(2,3)29-19(27)24-7-5-15(16(21)12-24)18(26)25-17(6-8-28-25)13-9-14(22-4)11-23-10-13/h9-11,15-17H,5-8,12H2,1-3H3/t15-,16-,17-/m0/s1. The number of piperidine rings is 1. The van der Waals surface area contributed by atoms with E-state index in [1.807, 2.05) is 0 Å². The maximum atomic E-state index is 14.8. The van der Waals surface area contributed by atoms with Crippen LogP contribution in [0.3, 0.4) is 0 Å². The van der Waals surface area contributed by atoms with Gasteiger partial charge in [0.25, 0.3) is 5.91 Å². The highest BCUT2D eigenvalue weighted by Gasteiger charge is 2.43. The molecule has 0 aromatic carbocycles. The molecule has 3 rings (SSSR count). The number of hydrogen-bond acceptors (Lipinski definition) is 5. The molecule has 0 saturated carbocycles. The Labute approximate surface area is 169 Å². The summed E-state index contributed by atoms with van der Waals surface area (Å²) in [5.74, 6) is -1.34. The Hall–Kier alpha value is -2.73. The van der Waals surface area contributed by atoms with Gasteiger partial charge in [-0.15, -0.1) is 0 Å². The van der Waals surface area contributed by atoms with Crippen molar-refractivity contribution in [2.45, 2.75) is 51.4 Å². The number of halogens is 1. The van der Waals surface area contributed by atoms with Crippen LogP contribution in [0.4, 0.5) is 14.9 Å². The molecule has 3 heterocycles. The van der Waals surface area contributed by atoms with Gasteiger partial charge in [-0.25, -0.2) is 19.1 Å². The van der Waals surface area contributed by atoms with Crippen LogP contribution >= 0.6 is 0 Å². The van der Waals surface area contributed by atoms with Crippen molar-refractivity contribution in [2.24, 2.45) is 5.92 Å². The number of likely N-dealkylation sites (tertiary alicyclic amines) is 1. The van der Waals surface area contributed by atoms with Crippen molar-refractivity contribution in [3.8, 4) is 0 Å². The minimum atomic E-state index is -1.51. The fourth-order valence-electron chi connectivity index (χ4n) is 3.52. The Bertz CT molecular complexity index is 819. The van der Waals surface area contributed by atoms with Crippen LogP contribution < -0.4 is 0 Å². The van der Waals surface area contributed by atoms with Crippen molar-refractivity contribution in [1.29, 1.82) is 0 Å². The molecule has 156 valence electrons. The van der Waals surface area contributed by atoms with E-state index >= 15 is 0 Å². The zero-order valence-corrected chi connectivity index (χ0v) is 16.8. The number of nitrogens with zero attached hydrogens (tertiary/aromatic N) is 4. The van der Waals surface area contributed by atoms with E-state index in [1.165, 1.54) is 16.2 Å². The molecular formula is C20H25FN4O4. The molecule has 29 heavy (non-hydrogen) atoms. The molecular weight excluding hydrogens is 379 g/mol. The number of hydrogen-bond donors (Lipinski definition) is 0. The summed E-state index contributed by atoms with van der Waals surface area (Å²) in [4.78, 5) is 39.4. The Balaban J connectivity index is 1.67. The van der Waals surface area contributed by atoms with Gasteiger partial charge in [-0.1, -0.05) is 0 Å². The highest BCUT2D eigenvalue weighted by molar-refractivity contribution is 5.80. The summed E-state index contributed by atoms with van der Waals surface area (Å²) >= 11 is 0. The van der Waals surface area contributed by atoms with Crippen LogP contribution in [-0.2, 0) is 14.4 Å². The second-order valence-corrected chi connectivity index (χ2v) is 8.23. The number of carbonyl (C=O) groups excluding carboxylic acids is 2. The number of amides is 2. The first kappa shape index (κ1) is 21.0. The molecule has 2 saturated heterocycles. The molecule has 0 spiro atoms. The minimum absolute atomic E-state index is 0.187. The fourth-order valence-corrected chi connectivity index (χ4v) is 3.52. The highest BCUT2D eigenvalue weighted by atomic mass is 19.1. The summed E-state index contributed by atoms with van der Waals surface area (Å²) in [5, 5.41) is 1.21. The van der Waals surface area contributed by atoms with Gasteiger partial charge in [0, 0.05) is 25.4 Å². The van der Waals surface area contributed by atoms with E-state index in [4.69, 9.17) is 16.1 Å². The quantitative estimate of drug-likeness (QED) is 0.706. The summed E-state index contributed by atoms with van der Waals surface area (Å²) in [6, 6.07) is 1.25. The lowest BCUT2D eigenvalue weighted by Gasteiger charge is -2.36. The van der Waals surface area contributed by atoms with E-state index in [9.17, 15) is 14.0 Å². The van der Waals surface area contributed by atoms with E-state index in [2.05, 4.69) is 9.83 Å². The summed E-state index contributed by atoms with van der Waals surface area (Å²) in [6.45, 7) is 12.7. The maximum absolute atomic E-state index is 14.8. The molecule has 9 heteroatoms. The van der Waals surface area contributed by atoms with E-state index in [0.717, 1.165) is 0 Å². The molecule has 3 atom stereocenters. The highest BCUT2D eigenvalue weighted by Crippen LogP contribution is 2.35. The normalized spacial score (nSPS) is 24.9. The van der Waals surface area contributed by atoms with Gasteiger partial charge >= 0.3 is 6.09 Å². The Morgan fingerprint density at radius 3 is 2.76 bits per heavy atom. The van der Waals surface area contributed by atoms with Gasteiger partial charge in [-0.3, -0.25) is 14.6 Å². The number of hydroxylamine groups is 2. The number of rotatable bonds is 2. The predicted octanol–water partition coefficient (Wildman–Crippen LogP) is 3.43. The van der Waals surface area contributed by atoms with Gasteiger partial charge in [0.1, 0.15) is 11.8 Å². The molecule has 2 aliphatic rings. The second-order valence-electron chi connectivity index (χ2n) is 8.23. The average Bonchev–Trinajstić information content (AvgIpc) is 3.16. The lowest BCUT2D eigenvalue weighted by Crippen LogP contribution is -2.51. The average molecular weight is 404 g/mol. The Morgan fingerprint density at radius 2 is 2.10 bits per heavy atom. The van der Waals surface area contributed by atoms with Gasteiger partial charge in [-0.05, 0) is 38.8 Å². The molecule has 0 unspecified atom stereocenters. The molecule has 8 nitrogen and oxygen atoms in total. The lowest BCUT2D eigenvalue weighted by molar-refractivity contribution is -0.185. The summed E-state index contributed by atoms with van der Waals surface area (Å²) in [6.07, 6.45) is 1.67. The SMILES string of the molecule is [C-]#[N+]c1cncc([C@@H]2CCON2C(=O)[C@H]2CCN(C(=O)OC(C)(C)C)C[C@@H]2F)c1. The van der Waals surface area contributed by atoms with Gasteiger partial charge in [0.15, 0.2) is 0 Å². The van der Waals surface area contributed by atoms with Gasteiger partial charge in [0.05, 0.1) is 31.7 Å². The molecule has 0 bridgehead atoms. The minimum Gasteiger partial charge on any atom is -0.444 e. The molecule has 1 aromatic heterocycles. The lowest BCUT2D eigenvalue weighted by atomic mass is 9.93. The first-order chi connectivity index (χ1) is 13.7. The first-order valence-corrected chi connectivity index (χ1v) is 9.60. The van der Waals surface area contributed by atoms with Crippen LogP contribution in [0.5, 0.6) is 0 Å². The fraction of sp³-hybridized carbons (Fsp3) is 0.600. The molecule has 2 fully saturated rings. The number of ether oxygens (including phenoxy) is 1. The Morgan fingerprint density at radius 1 is 1.34 bits per heavy atom. The van der Waals surface area contributed by atoms with Crippen LogP contribution in [0.25, 0.3) is 4.85 Å². The summed E-state index contributed by atoms with van der Waals surface area (Å²) in [7, 11) is 0. The van der Waals surface area contributed by atoms with E-state index in [1.54, 1.807) is 33.0 Å². The first-order valence-electron chi connectivity index (χ1n) is 9.60. The zero-order chi connectivity index (χ0) is 21.2. The van der Waals surface area contributed by atoms with E-state index in [0.29, 0.717) is 24.3 Å². The van der Waals surface area contributed by atoms with Crippen molar-refractivity contribution in [2.75, 3.05) is 19.7 Å². The molecule has 0 aliphatic carbocycles. The van der Waals surface area contributed by atoms with E-state index in [-0.39, 0.29) is 19.5 Å². The predicted molar refractivity (Wildman–Crippen MR) is 101 cm³/mol. The monoisotopic (exact) mass is 404 g/mol. The largest absolute Gasteiger partial charge is 0.444 e. The Kier molecular flexibility index (Phi) is 6.03. The zero-order valence-electron chi connectivity index (χ0n) is 16.8. The summed E-state index contributed by atoms with van der Waals surface area (Å²) < 4.78 is 20.1. The van der Waals surface area contributed by atoms with Crippen LogP contribution in [0, 0.1) is 12.5 Å². The van der Waals surface area contributed by atoms with Crippen molar-refractivity contribution in [3.63, 3.8) is 0 Å². The third kappa shape index (κ3) is 4.82. The van der Waals surface area contributed by atoms with Crippen LogP contribution in [0.1, 0.15) is 45.2 Å². The van der Waals surface area contributed by atoms with Gasteiger partial charge in [-0.2, -0.15) is 0 Å². The van der Waals surface area contributed by atoms with Gasteiger partial charge < -0.3 is 9.64 Å². The number of carbonyl (C=O) groups is 2. The number of alkyl halides is 1. The third-order valence-corrected chi connectivity index (χ3v) is 4.89. The smallest absolute Gasteiger partial charge is 0.410 e. The molecule has 1 aromatic rings. The van der Waals surface area contributed by atoms with Gasteiger partial charge in [0.2, 0.25) is 5.69 Å². The van der Waals surface area contributed by atoms with Crippen molar-refractivity contribution < 1.29 is 23.6 Å². The molecule has 0 N–H and O–H groups in total. The number of pyridine rings is 1. The van der Waals surface area contributed by atoms with Crippen molar-refractivity contribution >= 4 is 17.7 Å².